The van der Waals surface area contributed by atoms with Gasteiger partial charge in [-0.25, -0.2) is 0 Å². The first kappa shape index (κ1) is 20.7. The van der Waals surface area contributed by atoms with E-state index in [-0.39, 0.29) is 35.5 Å². The second-order valence-electron chi connectivity index (χ2n) is 6.42. The zero-order valence-electron chi connectivity index (χ0n) is 14.5. The van der Waals surface area contributed by atoms with Gasteiger partial charge >= 0.3 is 0 Å². The van der Waals surface area contributed by atoms with Crippen LogP contribution in [0.3, 0.4) is 0 Å². The first-order valence-electron chi connectivity index (χ1n) is 7.80. The summed E-state index contributed by atoms with van der Waals surface area (Å²) in [6.45, 7) is 8.90. The number of ether oxygens (including phenoxy) is 1. The van der Waals surface area contributed by atoms with Crippen LogP contribution in [0.4, 0.5) is 0 Å². The summed E-state index contributed by atoms with van der Waals surface area (Å²) < 4.78 is 5.76. The predicted octanol–water partition coefficient (Wildman–Crippen LogP) is 2.14. The summed E-state index contributed by atoms with van der Waals surface area (Å²) in [6, 6.07) is 4.29. The molecule has 132 valence electrons. The highest BCUT2D eigenvalue weighted by Gasteiger charge is 2.22. The lowest BCUT2D eigenvalue weighted by Crippen LogP contribution is -2.49. The number of rotatable bonds is 5. The average Bonchev–Trinajstić information content (AvgIpc) is 3.02. The van der Waals surface area contributed by atoms with Crippen molar-refractivity contribution in [3.8, 4) is 0 Å². The van der Waals surface area contributed by atoms with Crippen molar-refractivity contribution in [2.75, 3.05) is 46.9 Å². The number of morpholine rings is 1. The van der Waals surface area contributed by atoms with Crippen molar-refractivity contribution in [2.45, 2.75) is 25.4 Å². The molecule has 0 saturated carbocycles. The summed E-state index contributed by atoms with van der Waals surface area (Å²) in [7, 11) is 3.94. The summed E-state index contributed by atoms with van der Waals surface area (Å²) in [5, 5.41) is 8.92. The maximum absolute atomic E-state index is 5.76. The Morgan fingerprint density at radius 2 is 2.26 bits per heavy atom. The third-order valence-electron chi connectivity index (χ3n) is 3.95. The molecule has 1 fully saturated rings. The molecule has 1 aliphatic rings. The Balaban J connectivity index is 0.00000264. The number of halogens is 1. The van der Waals surface area contributed by atoms with Crippen molar-refractivity contribution in [3.05, 3.63) is 22.4 Å². The Morgan fingerprint density at radius 3 is 2.87 bits per heavy atom. The van der Waals surface area contributed by atoms with Crippen LogP contribution in [0.5, 0.6) is 0 Å². The molecule has 0 spiro atoms. The highest BCUT2D eigenvalue weighted by atomic mass is 127. The Morgan fingerprint density at radius 1 is 1.48 bits per heavy atom. The minimum Gasteiger partial charge on any atom is -0.374 e. The molecule has 0 aromatic carbocycles. The molecule has 5 nitrogen and oxygen atoms in total. The number of hydrogen-bond acceptors (Lipinski definition) is 4. The van der Waals surface area contributed by atoms with Crippen molar-refractivity contribution >= 4 is 41.3 Å². The van der Waals surface area contributed by atoms with Crippen LogP contribution in [0.15, 0.2) is 22.5 Å². The summed E-state index contributed by atoms with van der Waals surface area (Å²) in [5.74, 6) is 0.835. The molecule has 7 heteroatoms. The monoisotopic (exact) mass is 452 g/mol. The molecule has 0 bridgehead atoms. The number of guanidine groups is 1. The van der Waals surface area contributed by atoms with Gasteiger partial charge in [0.05, 0.1) is 12.7 Å². The molecule has 1 atom stereocenters. The van der Waals surface area contributed by atoms with Gasteiger partial charge in [0.1, 0.15) is 0 Å². The highest BCUT2D eigenvalue weighted by Crippen LogP contribution is 2.26. The summed E-state index contributed by atoms with van der Waals surface area (Å²) in [5.41, 5.74) is 0.0906. The number of nitrogens with one attached hydrogen (secondary N) is 2. The fourth-order valence-electron chi connectivity index (χ4n) is 2.48. The number of aliphatic imine (C=N–C) groups is 1. The lowest BCUT2D eigenvalue weighted by molar-refractivity contribution is -0.0161. The Kier molecular flexibility index (Phi) is 8.81. The van der Waals surface area contributed by atoms with E-state index in [2.05, 4.69) is 58.9 Å². The van der Waals surface area contributed by atoms with E-state index in [1.807, 2.05) is 0 Å². The minimum absolute atomic E-state index is 0. The molecule has 1 aliphatic heterocycles. The fraction of sp³-hybridized carbons (Fsp3) is 0.688. The molecule has 2 heterocycles. The van der Waals surface area contributed by atoms with Gasteiger partial charge in [-0.15, -0.1) is 35.3 Å². The van der Waals surface area contributed by atoms with E-state index >= 15 is 0 Å². The highest BCUT2D eigenvalue weighted by molar-refractivity contribution is 14.0. The van der Waals surface area contributed by atoms with Crippen molar-refractivity contribution in [1.29, 1.82) is 0 Å². The van der Waals surface area contributed by atoms with E-state index < -0.39 is 0 Å². The SMILES string of the molecule is CN=C(NCC1CN(C)CCO1)NCC(C)(C)c1cccs1.I. The molecule has 1 unspecified atom stereocenters. The third kappa shape index (κ3) is 6.56. The predicted molar refractivity (Wildman–Crippen MR) is 109 cm³/mol. The van der Waals surface area contributed by atoms with Crippen molar-refractivity contribution in [2.24, 2.45) is 4.99 Å². The smallest absolute Gasteiger partial charge is 0.191 e. The van der Waals surface area contributed by atoms with Gasteiger partial charge in [0.2, 0.25) is 0 Å². The van der Waals surface area contributed by atoms with Gasteiger partial charge in [-0.1, -0.05) is 19.9 Å². The quantitative estimate of drug-likeness (QED) is 0.409. The van der Waals surface area contributed by atoms with E-state index in [0.717, 1.165) is 38.7 Å². The number of thiophene rings is 1. The normalized spacial score (nSPS) is 20.0. The topological polar surface area (TPSA) is 48.9 Å². The maximum atomic E-state index is 5.76. The van der Waals surface area contributed by atoms with E-state index in [4.69, 9.17) is 4.74 Å². The van der Waals surface area contributed by atoms with Gasteiger partial charge in [-0.2, -0.15) is 0 Å². The van der Waals surface area contributed by atoms with E-state index in [1.54, 1.807) is 18.4 Å². The minimum atomic E-state index is 0. The molecular weight excluding hydrogens is 423 g/mol. The van der Waals surface area contributed by atoms with Crippen LogP contribution in [0.1, 0.15) is 18.7 Å². The van der Waals surface area contributed by atoms with Crippen LogP contribution < -0.4 is 10.6 Å². The zero-order valence-corrected chi connectivity index (χ0v) is 17.6. The molecule has 0 aliphatic carbocycles. The molecule has 1 aromatic rings. The van der Waals surface area contributed by atoms with Gasteiger partial charge in [-0.3, -0.25) is 4.99 Å². The van der Waals surface area contributed by atoms with Crippen LogP contribution in [-0.2, 0) is 10.2 Å². The lowest BCUT2D eigenvalue weighted by Gasteiger charge is -2.31. The Hall–Kier alpha value is -0.380. The maximum Gasteiger partial charge on any atom is 0.191 e. The van der Waals surface area contributed by atoms with E-state index in [0.29, 0.717) is 0 Å². The van der Waals surface area contributed by atoms with Crippen LogP contribution >= 0.6 is 35.3 Å². The second-order valence-corrected chi connectivity index (χ2v) is 7.37. The molecule has 1 saturated heterocycles. The number of likely N-dealkylation sites (N-methyl/N-ethyl adjacent to an activating group) is 1. The zero-order chi connectivity index (χ0) is 16.0. The largest absolute Gasteiger partial charge is 0.374 e. The van der Waals surface area contributed by atoms with Crippen LogP contribution in [0, 0.1) is 0 Å². The van der Waals surface area contributed by atoms with Crippen LogP contribution in [0.2, 0.25) is 0 Å². The van der Waals surface area contributed by atoms with Crippen molar-refractivity contribution in [3.63, 3.8) is 0 Å². The molecule has 1 aromatic heterocycles. The molecule has 2 rings (SSSR count). The fourth-order valence-corrected chi connectivity index (χ4v) is 3.33. The molecular formula is C16H29IN4OS. The van der Waals surface area contributed by atoms with Gasteiger partial charge in [-0.05, 0) is 18.5 Å². The average molecular weight is 452 g/mol. The third-order valence-corrected chi connectivity index (χ3v) is 5.18. The van der Waals surface area contributed by atoms with Gasteiger partial charge in [0, 0.05) is 43.5 Å². The van der Waals surface area contributed by atoms with Gasteiger partial charge < -0.3 is 20.3 Å². The van der Waals surface area contributed by atoms with Crippen LogP contribution in [0.25, 0.3) is 0 Å². The van der Waals surface area contributed by atoms with Crippen LogP contribution in [-0.4, -0.2) is 63.8 Å². The summed E-state index contributed by atoms with van der Waals surface area (Å²) >= 11 is 1.80. The van der Waals surface area contributed by atoms with E-state index in [1.165, 1.54) is 4.88 Å². The molecule has 0 radical (unpaired) electrons. The lowest BCUT2D eigenvalue weighted by atomic mass is 9.91. The van der Waals surface area contributed by atoms with Gasteiger partial charge in [0.25, 0.3) is 0 Å². The second kappa shape index (κ2) is 9.80. The van der Waals surface area contributed by atoms with Gasteiger partial charge in [0.15, 0.2) is 5.96 Å². The Bertz CT molecular complexity index is 478. The summed E-state index contributed by atoms with van der Waals surface area (Å²) in [6.07, 6.45) is 0.225. The summed E-state index contributed by atoms with van der Waals surface area (Å²) in [4.78, 5) is 7.98. The Labute approximate surface area is 160 Å². The first-order chi connectivity index (χ1) is 10.5. The molecule has 2 N–H and O–H groups in total. The standard InChI is InChI=1S/C16H28N4OS.HI/c1-16(2,14-6-5-9-22-14)12-19-15(17-3)18-10-13-11-20(4)7-8-21-13;/h5-6,9,13H,7-8,10-12H2,1-4H3,(H2,17,18,19);1H. The molecule has 0 amide bonds. The first-order valence-corrected chi connectivity index (χ1v) is 8.68. The van der Waals surface area contributed by atoms with E-state index in [9.17, 15) is 0 Å². The van der Waals surface area contributed by atoms with Crippen molar-refractivity contribution < 1.29 is 4.74 Å². The molecule has 23 heavy (non-hydrogen) atoms. The van der Waals surface area contributed by atoms with Crippen molar-refractivity contribution in [1.82, 2.24) is 15.5 Å². The number of nitrogens with zero attached hydrogens (tertiary/aromatic N) is 2. The number of hydrogen-bond donors (Lipinski definition) is 2.